The fraction of sp³-hybridized carbons (Fsp3) is 0.750. The van der Waals surface area contributed by atoms with Crippen LogP contribution in [-0.2, 0) is 7.87 Å². The average Bonchev–Trinajstić information content (AvgIpc) is 2.21. The molecule has 0 heterocycles. The molecule has 0 saturated carbocycles. The molecule has 0 aliphatic heterocycles. The van der Waals surface area contributed by atoms with E-state index in [1.54, 1.807) is 6.92 Å². The van der Waals surface area contributed by atoms with Crippen LogP contribution in [0, 0.1) is 0 Å². The minimum absolute atomic E-state index is 0.187. The standard InChI is InChI=1S/C8H17.C4H6O2.Sn/c1-3-5-7-8-6-4-2;1-3(2)4(5)6;/h1,3-8H2,2H3;1H2,2H3,(H,5,6);/q;;+1/p-1. The molecule has 0 N–H and O–H groups in total. The number of hydrogen-bond acceptors (Lipinski definition) is 2. The molecule has 15 heavy (non-hydrogen) atoms. The van der Waals surface area contributed by atoms with Crippen molar-refractivity contribution in [2.45, 2.75) is 56.8 Å². The zero-order valence-electron chi connectivity index (χ0n) is 9.97. The summed E-state index contributed by atoms with van der Waals surface area (Å²) in [7, 11) is 0. The van der Waals surface area contributed by atoms with Crippen LogP contribution in [0.15, 0.2) is 12.2 Å². The molecule has 0 bridgehead atoms. The third-order valence-electron chi connectivity index (χ3n) is 2.15. The second kappa shape index (κ2) is 10.5. The average molecular weight is 317 g/mol. The first-order valence-corrected chi connectivity index (χ1v) is 8.96. The second-order valence-corrected chi connectivity index (χ2v) is 6.67. The maximum atomic E-state index is 11.0. The Bertz CT molecular complexity index is 190. The van der Waals surface area contributed by atoms with E-state index < -0.39 is 21.6 Å². The first-order valence-electron chi connectivity index (χ1n) is 5.78. The number of hydrogen-bond donors (Lipinski definition) is 0. The molecule has 0 fully saturated rings. The van der Waals surface area contributed by atoms with Gasteiger partial charge in [0.05, 0.1) is 0 Å². The summed E-state index contributed by atoms with van der Waals surface area (Å²) in [6.07, 6.45) is 7.87. The van der Waals surface area contributed by atoms with Crippen molar-refractivity contribution in [3.63, 3.8) is 0 Å². The molecule has 2 radical (unpaired) electrons. The SMILES string of the molecule is C=C(C)C(=O)[O][Sn][CH2]CCCCCCC. The molecule has 86 valence electrons. The molecule has 0 unspecified atom stereocenters. The molecule has 0 aromatic rings. The normalized spacial score (nSPS) is 10.0. The first kappa shape index (κ1) is 15.0. The quantitative estimate of drug-likeness (QED) is 0.370. The molecule has 0 aromatic heterocycles. The zero-order valence-corrected chi connectivity index (χ0v) is 12.8. The Morgan fingerprint density at radius 1 is 1.20 bits per heavy atom. The van der Waals surface area contributed by atoms with E-state index >= 15 is 0 Å². The summed E-state index contributed by atoms with van der Waals surface area (Å²) in [5.41, 5.74) is 0.527. The van der Waals surface area contributed by atoms with Crippen LogP contribution in [0.2, 0.25) is 4.44 Å². The fourth-order valence-electron chi connectivity index (χ4n) is 1.18. The Labute approximate surface area is 104 Å². The van der Waals surface area contributed by atoms with Crippen molar-refractivity contribution >= 4 is 27.5 Å². The summed E-state index contributed by atoms with van der Waals surface area (Å²) in [5, 5.41) is 0. The van der Waals surface area contributed by atoms with Gasteiger partial charge in [0.2, 0.25) is 0 Å². The van der Waals surface area contributed by atoms with Gasteiger partial charge in [0.1, 0.15) is 0 Å². The number of carbonyl (C=O) groups is 1. The second-order valence-electron chi connectivity index (χ2n) is 3.83. The summed E-state index contributed by atoms with van der Waals surface area (Å²) in [6, 6.07) is 0. The molecule has 0 amide bonds. The van der Waals surface area contributed by atoms with Gasteiger partial charge in [-0.1, -0.05) is 0 Å². The van der Waals surface area contributed by atoms with Crippen molar-refractivity contribution in [2.24, 2.45) is 0 Å². The Morgan fingerprint density at radius 2 is 1.80 bits per heavy atom. The molecular weight excluding hydrogens is 295 g/mol. The van der Waals surface area contributed by atoms with Crippen LogP contribution in [0.1, 0.15) is 52.4 Å². The third kappa shape index (κ3) is 10.3. The topological polar surface area (TPSA) is 26.3 Å². The predicted octanol–water partition coefficient (Wildman–Crippen LogP) is 3.50. The van der Waals surface area contributed by atoms with Crippen molar-refractivity contribution in [1.29, 1.82) is 0 Å². The summed E-state index contributed by atoms with van der Waals surface area (Å²) in [4.78, 5) is 11.0. The van der Waals surface area contributed by atoms with Crippen molar-refractivity contribution in [2.75, 3.05) is 0 Å². The monoisotopic (exact) mass is 318 g/mol. The van der Waals surface area contributed by atoms with E-state index in [0.717, 1.165) is 4.44 Å². The molecule has 3 heteroatoms. The van der Waals surface area contributed by atoms with Gasteiger partial charge in [0, 0.05) is 0 Å². The third-order valence-corrected chi connectivity index (χ3v) is 4.68. The molecule has 0 atom stereocenters. The van der Waals surface area contributed by atoms with E-state index in [1.807, 2.05) is 0 Å². The Hall–Kier alpha value is 0.00870. The van der Waals surface area contributed by atoms with Crippen LogP contribution in [0.4, 0.5) is 0 Å². The molecule has 0 aromatic carbocycles. The Balaban J connectivity index is 3.11. The first-order chi connectivity index (χ1) is 7.18. The molecule has 0 aliphatic rings. The van der Waals surface area contributed by atoms with E-state index in [4.69, 9.17) is 3.07 Å². The molecule has 0 spiro atoms. The molecular formula is C12H22O2Sn. The van der Waals surface area contributed by atoms with E-state index in [-0.39, 0.29) is 5.97 Å². The van der Waals surface area contributed by atoms with E-state index in [9.17, 15) is 4.79 Å². The van der Waals surface area contributed by atoms with Gasteiger partial charge in [-0.2, -0.15) is 0 Å². The number of carbonyl (C=O) groups excluding carboxylic acids is 1. The van der Waals surface area contributed by atoms with Crippen molar-refractivity contribution in [3.05, 3.63) is 12.2 Å². The van der Waals surface area contributed by atoms with Gasteiger partial charge in [0.15, 0.2) is 0 Å². The summed E-state index contributed by atoms with van der Waals surface area (Å²) in [6.45, 7) is 7.49. The van der Waals surface area contributed by atoms with E-state index in [0.29, 0.717) is 5.57 Å². The predicted molar refractivity (Wildman–Crippen MR) is 64.8 cm³/mol. The zero-order chi connectivity index (χ0) is 11.5. The Morgan fingerprint density at radius 3 is 2.40 bits per heavy atom. The van der Waals surface area contributed by atoms with Crippen molar-refractivity contribution < 1.29 is 7.87 Å². The van der Waals surface area contributed by atoms with Gasteiger partial charge in [-0.05, 0) is 0 Å². The molecule has 0 saturated heterocycles. The van der Waals surface area contributed by atoms with Crippen LogP contribution in [-0.4, -0.2) is 27.5 Å². The fourth-order valence-corrected chi connectivity index (χ4v) is 3.47. The van der Waals surface area contributed by atoms with Crippen LogP contribution in [0.5, 0.6) is 0 Å². The van der Waals surface area contributed by atoms with Crippen LogP contribution < -0.4 is 0 Å². The maximum absolute atomic E-state index is 11.0. The van der Waals surface area contributed by atoms with Gasteiger partial charge in [-0.25, -0.2) is 0 Å². The molecule has 0 rings (SSSR count). The van der Waals surface area contributed by atoms with Gasteiger partial charge < -0.3 is 0 Å². The van der Waals surface area contributed by atoms with Crippen LogP contribution in [0.25, 0.3) is 0 Å². The summed E-state index contributed by atoms with van der Waals surface area (Å²) in [5.74, 6) is -0.187. The van der Waals surface area contributed by atoms with Gasteiger partial charge in [-0.3, -0.25) is 0 Å². The van der Waals surface area contributed by atoms with Crippen molar-refractivity contribution in [3.8, 4) is 0 Å². The van der Waals surface area contributed by atoms with Crippen LogP contribution >= 0.6 is 0 Å². The van der Waals surface area contributed by atoms with E-state index in [2.05, 4.69) is 13.5 Å². The minimum atomic E-state index is -0.891. The molecule has 0 aliphatic carbocycles. The van der Waals surface area contributed by atoms with Crippen LogP contribution in [0.3, 0.4) is 0 Å². The number of unbranched alkanes of at least 4 members (excludes halogenated alkanes) is 5. The van der Waals surface area contributed by atoms with Gasteiger partial charge in [0.25, 0.3) is 0 Å². The Kier molecular flexibility index (Phi) is 10.5. The van der Waals surface area contributed by atoms with Gasteiger partial charge >= 0.3 is 104 Å². The summed E-state index contributed by atoms with van der Waals surface area (Å²) < 4.78 is 6.31. The number of rotatable bonds is 9. The van der Waals surface area contributed by atoms with Crippen molar-refractivity contribution in [1.82, 2.24) is 0 Å². The summed E-state index contributed by atoms with van der Waals surface area (Å²) >= 11 is -0.891. The molecule has 2 nitrogen and oxygen atoms in total. The van der Waals surface area contributed by atoms with Gasteiger partial charge in [-0.15, -0.1) is 0 Å². The van der Waals surface area contributed by atoms with E-state index in [1.165, 1.54) is 38.5 Å².